The summed E-state index contributed by atoms with van der Waals surface area (Å²) < 4.78 is 0. The van der Waals surface area contributed by atoms with Gasteiger partial charge in [0.1, 0.15) is 0 Å². The minimum absolute atomic E-state index is 0.202. The number of guanidine groups is 1. The third-order valence-corrected chi connectivity index (χ3v) is 4.93. The molecule has 2 aliphatic rings. The third-order valence-electron chi connectivity index (χ3n) is 4.93. The Bertz CT molecular complexity index is 402. The highest BCUT2D eigenvalue weighted by Crippen LogP contribution is 2.28. The maximum absolute atomic E-state index is 11.6. The number of aliphatic imine (C=N–C) groups is 1. The minimum atomic E-state index is 0.202. The van der Waals surface area contributed by atoms with Crippen LogP contribution in [0, 0.1) is 5.92 Å². The molecule has 0 heterocycles. The lowest BCUT2D eigenvalue weighted by Gasteiger charge is -2.30. The standard InChI is InChI=1S/C18H35N5O/c1-3-19-18(21-12-11-20-17(24)15-9-10-15)22-13-14-23(2)16-7-5-4-6-8-16/h15-16H,3-14H2,1-2H3,(H,20,24)(H2,19,21,22). The fraction of sp³-hybridized carbons (Fsp3) is 0.889. The number of likely N-dealkylation sites (N-methyl/N-ethyl adjacent to an activating group) is 1. The Balaban J connectivity index is 1.62. The number of hydrogen-bond acceptors (Lipinski definition) is 3. The minimum Gasteiger partial charge on any atom is -0.357 e. The van der Waals surface area contributed by atoms with Crippen LogP contribution in [-0.4, -0.2) is 62.6 Å². The molecule has 0 aromatic heterocycles. The maximum atomic E-state index is 11.6. The van der Waals surface area contributed by atoms with Gasteiger partial charge in [-0.15, -0.1) is 0 Å². The number of nitrogens with one attached hydrogen (secondary N) is 3. The zero-order chi connectivity index (χ0) is 17.2. The largest absolute Gasteiger partial charge is 0.357 e. The Hall–Kier alpha value is -1.30. The van der Waals surface area contributed by atoms with Gasteiger partial charge in [0.15, 0.2) is 5.96 Å². The highest BCUT2D eigenvalue weighted by Gasteiger charge is 2.28. The van der Waals surface area contributed by atoms with Crippen molar-refractivity contribution < 1.29 is 4.79 Å². The third kappa shape index (κ3) is 7.07. The van der Waals surface area contributed by atoms with Crippen molar-refractivity contribution in [3.8, 4) is 0 Å². The predicted molar refractivity (Wildman–Crippen MR) is 99.2 cm³/mol. The first-order valence-corrected chi connectivity index (χ1v) is 9.71. The molecule has 0 bridgehead atoms. The summed E-state index contributed by atoms with van der Waals surface area (Å²) >= 11 is 0. The van der Waals surface area contributed by atoms with Gasteiger partial charge >= 0.3 is 0 Å². The van der Waals surface area contributed by atoms with Crippen LogP contribution in [-0.2, 0) is 4.79 Å². The zero-order valence-corrected chi connectivity index (χ0v) is 15.4. The first-order chi connectivity index (χ1) is 11.7. The average Bonchev–Trinajstić information content (AvgIpc) is 3.44. The molecule has 3 N–H and O–H groups in total. The van der Waals surface area contributed by atoms with E-state index in [1.807, 2.05) is 0 Å². The molecule has 0 spiro atoms. The van der Waals surface area contributed by atoms with Gasteiger partial charge in [0.05, 0.1) is 6.54 Å². The molecule has 0 aliphatic heterocycles. The van der Waals surface area contributed by atoms with Gasteiger partial charge in [-0.05, 0) is 39.7 Å². The average molecular weight is 338 g/mol. The van der Waals surface area contributed by atoms with Gasteiger partial charge in [-0.1, -0.05) is 19.3 Å². The van der Waals surface area contributed by atoms with Crippen molar-refractivity contribution in [2.75, 3.05) is 39.8 Å². The van der Waals surface area contributed by atoms with Crippen LogP contribution in [0.3, 0.4) is 0 Å². The van der Waals surface area contributed by atoms with Crippen LogP contribution in [0.5, 0.6) is 0 Å². The molecule has 1 amide bonds. The fourth-order valence-corrected chi connectivity index (χ4v) is 3.22. The Morgan fingerprint density at radius 2 is 1.75 bits per heavy atom. The van der Waals surface area contributed by atoms with E-state index in [4.69, 9.17) is 0 Å². The van der Waals surface area contributed by atoms with E-state index in [1.165, 1.54) is 32.1 Å². The topological polar surface area (TPSA) is 68.8 Å². The van der Waals surface area contributed by atoms with E-state index in [0.29, 0.717) is 13.1 Å². The number of carbonyl (C=O) groups is 1. The molecule has 2 saturated carbocycles. The van der Waals surface area contributed by atoms with Gasteiger partial charge in [-0.3, -0.25) is 9.79 Å². The lowest BCUT2D eigenvalue weighted by Crippen LogP contribution is -2.42. The van der Waals surface area contributed by atoms with Crippen molar-refractivity contribution in [2.24, 2.45) is 10.9 Å². The second-order valence-electron chi connectivity index (χ2n) is 7.03. The van der Waals surface area contributed by atoms with Crippen molar-refractivity contribution in [1.29, 1.82) is 0 Å². The van der Waals surface area contributed by atoms with Crippen LogP contribution < -0.4 is 16.0 Å². The molecule has 0 radical (unpaired) electrons. The van der Waals surface area contributed by atoms with Crippen LogP contribution >= 0.6 is 0 Å². The molecule has 2 rings (SSSR count). The molecule has 0 unspecified atom stereocenters. The monoisotopic (exact) mass is 337 g/mol. The summed E-state index contributed by atoms with van der Waals surface area (Å²) in [5, 5.41) is 9.53. The van der Waals surface area contributed by atoms with Gasteiger partial charge < -0.3 is 20.9 Å². The Kier molecular flexibility index (Phi) is 8.36. The molecular formula is C18H35N5O. The normalized spacial score (nSPS) is 19.4. The van der Waals surface area contributed by atoms with Crippen LogP contribution in [0.2, 0.25) is 0 Å². The maximum Gasteiger partial charge on any atom is 0.223 e. The highest BCUT2D eigenvalue weighted by molar-refractivity contribution is 5.81. The molecule has 138 valence electrons. The predicted octanol–water partition coefficient (Wildman–Crippen LogP) is 1.33. The lowest BCUT2D eigenvalue weighted by atomic mass is 9.94. The molecule has 2 fully saturated rings. The number of hydrogen-bond donors (Lipinski definition) is 3. The second-order valence-corrected chi connectivity index (χ2v) is 7.03. The molecule has 0 aromatic carbocycles. The quantitative estimate of drug-likeness (QED) is 0.337. The zero-order valence-electron chi connectivity index (χ0n) is 15.4. The summed E-state index contributed by atoms with van der Waals surface area (Å²) in [6.07, 6.45) is 8.91. The van der Waals surface area contributed by atoms with Gasteiger partial charge in [0.2, 0.25) is 5.91 Å². The van der Waals surface area contributed by atoms with E-state index in [1.54, 1.807) is 0 Å². The van der Waals surface area contributed by atoms with Gasteiger partial charge in [-0.2, -0.15) is 0 Å². The molecule has 6 heteroatoms. The number of carbonyl (C=O) groups excluding carboxylic acids is 1. The van der Waals surface area contributed by atoms with Gasteiger partial charge in [-0.25, -0.2) is 0 Å². The van der Waals surface area contributed by atoms with E-state index in [9.17, 15) is 4.79 Å². The highest BCUT2D eigenvalue weighted by atomic mass is 16.2. The van der Waals surface area contributed by atoms with Crippen molar-refractivity contribution in [2.45, 2.75) is 57.9 Å². The van der Waals surface area contributed by atoms with Crippen LogP contribution in [0.15, 0.2) is 4.99 Å². The van der Waals surface area contributed by atoms with Crippen molar-refractivity contribution in [1.82, 2.24) is 20.9 Å². The van der Waals surface area contributed by atoms with Gasteiger partial charge in [0.25, 0.3) is 0 Å². The van der Waals surface area contributed by atoms with Crippen LogP contribution in [0.25, 0.3) is 0 Å². The van der Waals surface area contributed by atoms with E-state index >= 15 is 0 Å². The summed E-state index contributed by atoms with van der Waals surface area (Å²) in [5.41, 5.74) is 0. The molecule has 0 aromatic rings. The first-order valence-electron chi connectivity index (χ1n) is 9.71. The second kappa shape index (κ2) is 10.5. The summed E-state index contributed by atoms with van der Waals surface area (Å²) in [4.78, 5) is 18.7. The van der Waals surface area contributed by atoms with Crippen LogP contribution in [0.4, 0.5) is 0 Å². The lowest BCUT2D eigenvalue weighted by molar-refractivity contribution is -0.122. The van der Waals surface area contributed by atoms with Crippen LogP contribution in [0.1, 0.15) is 51.9 Å². The molecule has 6 nitrogen and oxygen atoms in total. The fourth-order valence-electron chi connectivity index (χ4n) is 3.22. The van der Waals surface area contributed by atoms with Crippen molar-refractivity contribution >= 4 is 11.9 Å². The summed E-state index contributed by atoms with van der Waals surface area (Å²) in [6.45, 7) is 6.08. The summed E-state index contributed by atoms with van der Waals surface area (Å²) in [7, 11) is 2.22. The Morgan fingerprint density at radius 3 is 2.42 bits per heavy atom. The number of nitrogens with zero attached hydrogens (tertiary/aromatic N) is 2. The Morgan fingerprint density at radius 1 is 1.04 bits per heavy atom. The van der Waals surface area contributed by atoms with Crippen molar-refractivity contribution in [3.63, 3.8) is 0 Å². The first kappa shape index (κ1) is 19.0. The molecule has 0 atom stereocenters. The Labute approximate surface area is 146 Å². The van der Waals surface area contributed by atoms with E-state index in [2.05, 4.69) is 39.8 Å². The van der Waals surface area contributed by atoms with E-state index in [0.717, 1.165) is 44.5 Å². The van der Waals surface area contributed by atoms with E-state index < -0.39 is 0 Å². The van der Waals surface area contributed by atoms with E-state index in [-0.39, 0.29) is 11.8 Å². The van der Waals surface area contributed by atoms with Crippen molar-refractivity contribution in [3.05, 3.63) is 0 Å². The summed E-state index contributed by atoms with van der Waals surface area (Å²) in [6, 6.07) is 0.738. The number of amides is 1. The SMILES string of the molecule is CCNC(=NCCN(C)C1CCCCC1)NCCNC(=O)C1CC1. The van der Waals surface area contributed by atoms with Gasteiger partial charge in [0, 0.05) is 38.1 Å². The molecule has 2 aliphatic carbocycles. The molecule has 0 saturated heterocycles. The smallest absolute Gasteiger partial charge is 0.223 e. The molecule has 24 heavy (non-hydrogen) atoms. The number of rotatable bonds is 9. The molecular weight excluding hydrogens is 302 g/mol. The summed E-state index contributed by atoms with van der Waals surface area (Å²) in [5.74, 6) is 1.32.